The van der Waals surface area contributed by atoms with Crippen LogP contribution in [-0.4, -0.2) is 24.8 Å². The quantitative estimate of drug-likeness (QED) is 0.763. The van der Waals surface area contributed by atoms with Crippen molar-refractivity contribution in [3.8, 4) is 5.75 Å². The number of rotatable bonds is 6. The molecule has 6 nitrogen and oxygen atoms in total. The summed E-state index contributed by atoms with van der Waals surface area (Å²) in [6.45, 7) is 2.39. The smallest absolute Gasteiger partial charge is 0.315 e. The minimum atomic E-state index is -0.866. The predicted molar refractivity (Wildman–Crippen MR) is 81.6 cm³/mol. The average molecular weight is 304 g/mol. The Bertz CT molecular complexity index is 611. The second-order valence-corrected chi connectivity index (χ2v) is 4.91. The molecule has 2 aromatic rings. The fourth-order valence-electron chi connectivity index (χ4n) is 2.01. The summed E-state index contributed by atoms with van der Waals surface area (Å²) in [6, 6.07) is 8.75. The zero-order valence-corrected chi connectivity index (χ0v) is 12.6. The van der Waals surface area contributed by atoms with E-state index in [1.54, 1.807) is 19.2 Å². The van der Waals surface area contributed by atoms with Crippen LogP contribution in [0.3, 0.4) is 0 Å². The van der Waals surface area contributed by atoms with Crippen molar-refractivity contribution in [2.45, 2.75) is 19.6 Å². The van der Waals surface area contributed by atoms with Crippen LogP contribution in [0.25, 0.3) is 0 Å². The molecule has 0 aliphatic carbocycles. The summed E-state index contributed by atoms with van der Waals surface area (Å²) in [5.74, 6) is 1.15. The molecule has 0 aliphatic heterocycles. The lowest BCUT2D eigenvalue weighted by molar-refractivity contribution is 0.148. The van der Waals surface area contributed by atoms with Gasteiger partial charge in [0, 0.05) is 12.1 Å². The Balaban J connectivity index is 1.80. The van der Waals surface area contributed by atoms with Gasteiger partial charge in [0.05, 0.1) is 19.9 Å². The summed E-state index contributed by atoms with van der Waals surface area (Å²) in [7, 11) is 1.60. The molecule has 1 aromatic heterocycles. The van der Waals surface area contributed by atoms with E-state index in [0.717, 1.165) is 16.9 Å². The highest BCUT2D eigenvalue weighted by Gasteiger charge is 2.12. The number of urea groups is 1. The summed E-state index contributed by atoms with van der Waals surface area (Å²) in [5, 5.41) is 15.1. The molecule has 6 heteroatoms. The van der Waals surface area contributed by atoms with Crippen LogP contribution in [0, 0.1) is 6.92 Å². The Morgan fingerprint density at radius 2 is 2.18 bits per heavy atom. The van der Waals surface area contributed by atoms with Crippen LogP contribution in [-0.2, 0) is 6.54 Å². The number of carbonyl (C=O) groups is 1. The van der Waals surface area contributed by atoms with E-state index in [-0.39, 0.29) is 12.6 Å². The first-order chi connectivity index (χ1) is 10.6. The van der Waals surface area contributed by atoms with E-state index in [1.807, 2.05) is 25.1 Å². The van der Waals surface area contributed by atoms with Gasteiger partial charge in [0.15, 0.2) is 0 Å². The summed E-state index contributed by atoms with van der Waals surface area (Å²) >= 11 is 0. The van der Waals surface area contributed by atoms with Crippen LogP contribution in [0.5, 0.6) is 5.75 Å². The summed E-state index contributed by atoms with van der Waals surface area (Å²) in [4.78, 5) is 11.8. The van der Waals surface area contributed by atoms with E-state index >= 15 is 0 Å². The lowest BCUT2D eigenvalue weighted by Crippen LogP contribution is -2.37. The van der Waals surface area contributed by atoms with Crippen molar-refractivity contribution in [2.24, 2.45) is 0 Å². The highest BCUT2D eigenvalue weighted by molar-refractivity contribution is 5.73. The van der Waals surface area contributed by atoms with Crippen molar-refractivity contribution in [2.75, 3.05) is 13.7 Å². The van der Waals surface area contributed by atoms with Crippen LogP contribution >= 0.6 is 0 Å². The Morgan fingerprint density at radius 3 is 2.86 bits per heavy atom. The first kappa shape index (κ1) is 15.9. The number of hydrogen-bond acceptors (Lipinski definition) is 4. The lowest BCUT2D eigenvalue weighted by atomic mass is 10.1. The van der Waals surface area contributed by atoms with Crippen LogP contribution in [0.1, 0.15) is 23.0 Å². The molecular weight excluding hydrogens is 284 g/mol. The average Bonchev–Trinajstić information content (AvgIpc) is 3.05. The zero-order valence-electron chi connectivity index (χ0n) is 12.6. The van der Waals surface area contributed by atoms with E-state index in [9.17, 15) is 9.90 Å². The minimum absolute atomic E-state index is 0.0738. The topological polar surface area (TPSA) is 83.7 Å². The molecule has 0 aliphatic rings. The van der Waals surface area contributed by atoms with Gasteiger partial charge in [0.1, 0.15) is 17.6 Å². The van der Waals surface area contributed by atoms with Gasteiger partial charge in [-0.15, -0.1) is 0 Å². The predicted octanol–water partition coefficient (Wildman–Crippen LogP) is 2.13. The van der Waals surface area contributed by atoms with Gasteiger partial charge >= 0.3 is 6.03 Å². The highest BCUT2D eigenvalue weighted by Crippen LogP contribution is 2.19. The molecule has 1 heterocycles. The molecule has 2 amide bonds. The summed E-state index contributed by atoms with van der Waals surface area (Å²) in [6.07, 6.45) is 0.608. The minimum Gasteiger partial charge on any atom is -0.496 e. The van der Waals surface area contributed by atoms with Crippen molar-refractivity contribution in [1.29, 1.82) is 0 Å². The number of hydrogen-bond donors (Lipinski definition) is 3. The van der Waals surface area contributed by atoms with Crippen molar-refractivity contribution in [3.63, 3.8) is 0 Å². The number of furan rings is 1. The van der Waals surface area contributed by atoms with Gasteiger partial charge in [-0.3, -0.25) is 0 Å². The number of methoxy groups -OCH3 is 1. The Kier molecular flexibility index (Phi) is 5.43. The maximum absolute atomic E-state index is 11.8. The summed E-state index contributed by atoms with van der Waals surface area (Å²) < 4.78 is 10.3. The van der Waals surface area contributed by atoms with Gasteiger partial charge in [-0.25, -0.2) is 4.79 Å². The number of nitrogens with one attached hydrogen (secondary N) is 2. The fraction of sp³-hybridized carbons (Fsp3) is 0.312. The van der Waals surface area contributed by atoms with E-state index in [2.05, 4.69) is 10.6 Å². The molecule has 22 heavy (non-hydrogen) atoms. The molecule has 1 atom stereocenters. The Morgan fingerprint density at radius 1 is 1.36 bits per heavy atom. The van der Waals surface area contributed by atoms with Gasteiger partial charge in [-0.1, -0.05) is 12.1 Å². The first-order valence-corrected chi connectivity index (χ1v) is 6.97. The van der Waals surface area contributed by atoms with Crippen molar-refractivity contribution >= 4 is 6.03 Å². The Hall–Kier alpha value is -2.47. The van der Waals surface area contributed by atoms with E-state index < -0.39 is 6.10 Å². The van der Waals surface area contributed by atoms with Gasteiger partial charge in [-0.2, -0.15) is 0 Å². The molecule has 0 saturated heterocycles. The van der Waals surface area contributed by atoms with E-state index in [4.69, 9.17) is 9.15 Å². The van der Waals surface area contributed by atoms with Crippen LogP contribution in [0.2, 0.25) is 0 Å². The van der Waals surface area contributed by atoms with Gasteiger partial charge < -0.3 is 24.9 Å². The highest BCUT2D eigenvalue weighted by atomic mass is 16.5. The van der Waals surface area contributed by atoms with Crippen LogP contribution in [0.4, 0.5) is 4.79 Å². The molecule has 0 radical (unpaired) electrons. The SMILES string of the molecule is COc1cc(C)ccc1CNC(=O)NCC(O)c1ccco1. The number of amides is 2. The molecule has 0 fully saturated rings. The molecule has 2 rings (SSSR count). The maximum atomic E-state index is 11.8. The number of ether oxygens (including phenoxy) is 1. The second-order valence-electron chi connectivity index (χ2n) is 4.91. The molecule has 1 aromatic carbocycles. The summed E-state index contributed by atoms with van der Waals surface area (Å²) in [5.41, 5.74) is 1.97. The molecule has 0 saturated carbocycles. The van der Waals surface area contributed by atoms with Crippen LogP contribution < -0.4 is 15.4 Å². The monoisotopic (exact) mass is 304 g/mol. The van der Waals surface area contributed by atoms with Crippen molar-refractivity contribution in [3.05, 3.63) is 53.5 Å². The molecular formula is C16H20N2O4. The molecule has 0 bridgehead atoms. The largest absolute Gasteiger partial charge is 0.496 e. The fourth-order valence-corrected chi connectivity index (χ4v) is 2.01. The third kappa shape index (κ3) is 4.26. The van der Waals surface area contributed by atoms with Crippen molar-refractivity contribution in [1.82, 2.24) is 10.6 Å². The van der Waals surface area contributed by atoms with Gasteiger partial charge in [0.25, 0.3) is 0 Å². The van der Waals surface area contributed by atoms with Crippen molar-refractivity contribution < 1.29 is 19.1 Å². The number of aliphatic hydroxyl groups excluding tert-OH is 1. The zero-order chi connectivity index (χ0) is 15.9. The third-order valence-corrected chi connectivity index (χ3v) is 3.21. The number of aryl methyl sites for hydroxylation is 1. The molecule has 0 spiro atoms. The first-order valence-electron chi connectivity index (χ1n) is 6.97. The Labute approximate surface area is 129 Å². The second kappa shape index (κ2) is 7.51. The maximum Gasteiger partial charge on any atom is 0.315 e. The molecule has 1 unspecified atom stereocenters. The van der Waals surface area contributed by atoms with E-state index in [0.29, 0.717) is 12.3 Å². The third-order valence-electron chi connectivity index (χ3n) is 3.21. The van der Waals surface area contributed by atoms with Gasteiger partial charge in [-0.05, 0) is 30.7 Å². The number of aliphatic hydroxyl groups is 1. The van der Waals surface area contributed by atoms with Crippen LogP contribution in [0.15, 0.2) is 41.0 Å². The van der Waals surface area contributed by atoms with E-state index in [1.165, 1.54) is 6.26 Å². The number of benzene rings is 1. The lowest BCUT2D eigenvalue weighted by Gasteiger charge is -2.12. The molecule has 118 valence electrons. The standard InChI is InChI=1S/C16H20N2O4/c1-11-5-6-12(15(8-11)21-2)9-17-16(20)18-10-13(19)14-4-3-7-22-14/h3-8,13,19H,9-10H2,1-2H3,(H2,17,18,20). The normalized spacial score (nSPS) is 11.8. The molecule has 3 N–H and O–H groups in total. The van der Waals surface area contributed by atoms with Gasteiger partial charge in [0.2, 0.25) is 0 Å². The number of carbonyl (C=O) groups excluding carboxylic acids is 1.